The number of aromatic nitrogens is 1. The summed E-state index contributed by atoms with van der Waals surface area (Å²) in [4.78, 5) is 38.2. The number of hydrogen-bond acceptors (Lipinski definition) is 5. The van der Waals surface area contributed by atoms with E-state index < -0.39 is 0 Å². The fraction of sp³-hybridized carbons (Fsp3) is 0.300. The number of rotatable bonds is 9. The van der Waals surface area contributed by atoms with Crippen LogP contribution in [-0.2, 0) is 20.8 Å². The van der Waals surface area contributed by atoms with E-state index in [9.17, 15) is 14.4 Å². The van der Waals surface area contributed by atoms with E-state index in [1.165, 1.54) is 13.8 Å². The van der Waals surface area contributed by atoms with Crippen LogP contribution in [0.5, 0.6) is 0 Å². The number of nitrogens with one attached hydrogen (secondary N) is 3. The maximum atomic E-state index is 11.4. The van der Waals surface area contributed by atoms with Crippen molar-refractivity contribution >= 4 is 29.2 Å². The van der Waals surface area contributed by atoms with Gasteiger partial charge in [0.25, 0.3) is 0 Å². The third kappa shape index (κ3) is 8.41. The van der Waals surface area contributed by atoms with Crippen molar-refractivity contribution in [3.8, 4) is 0 Å². The largest absolute Gasteiger partial charge is 0.323 e. The molecule has 1 heterocycles. The van der Waals surface area contributed by atoms with Gasteiger partial charge < -0.3 is 10.6 Å². The highest BCUT2D eigenvalue weighted by Crippen LogP contribution is 2.22. The summed E-state index contributed by atoms with van der Waals surface area (Å²) in [5.74, 6) is 4.62. The van der Waals surface area contributed by atoms with Crippen molar-refractivity contribution < 1.29 is 14.4 Å². The Hall–Kier alpha value is -3.26. The van der Waals surface area contributed by atoms with Crippen molar-refractivity contribution in [2.75, 3.05) is 10.6 Å². The first-order chi connectivity index (χ1) is 13.2. The smallest absolute Gasteiger partial charge is 0.237 e. The Labute approximate surface area is 165 Å². The molecule has 8 heteroatoms. The highest BCUT2D eigenvalue weighted by atomic mass is 16.2. The lowest BCUT2D eigenvalue weighted by Crippen LogP contribution is -2.29. The van der Waals surface area contributed by atoms with E-state index in [4.69, 9.17) is 5.84 Å². The molecule has 3 amide bonds. The summed E-state index contributed by atoms with van der Waals surface area (Å²) in [6.45, 7) is 8.43. The van der Waals surface area contributed by atoms with E-state index in [0.29, 0.717) is 24.3 Å². The number of nitrogens with zero attached hydrogens (tertiary/aromatic N) is 1. The molecule has 0 aliphatic rings. The van der Waals surface area contributed by atoms with Crippen LogP contribution in [0.3, 0.4) is 0 Å². The molecular formula is C20H27N5O3. The molecule has 5 N–H and O–H groups in total. The molecule has 0 fully saturated rings. The third-order valence-electron chi connectivity index (χ3n) is 3.70. The molecule has 1 aromatic rings. The molecule has 0 atom stereocenters. The number of hydrogen-bond donors (Lipinski definition) is 4. The van der Waals surface area contributed by atoms with Crippen LogP contribution in [-0.4, -0.2) is 22.7 Å². The maximum Gasteiger partial charge on any atom is 0.237 e. The topological polar surface area (TPSA) is 126 Å². The molecule has 0 radical (unpaired) electrons. The minimum Gasteiger partial charge on any atom is -0.323 e. The number of nitrogens with two attached hydrogens (primary N) is 1. The first-order valence-corrected chi connectivity index (χ1v) is 8.77. The van der Waals surface area contributed by atoms with Gasteiger partial charge in [0.1, 0.15) is 0 Å². The van der Waals surface area contributed by atoms with Crippen LogP contribution in [0.15, 0.2) is 48.2 Å². The first kappa shape index (κ1) is 22.8. The van der Waals surface area contributed by atoms with Crippen LogP contribution in [0.1, 0.15) is 39.2 Å². The molecule has 0 bridgehead atoms. The van der Waals surface area contributed by atoms with Crippen LogP contribution < -0.4 is 21.9 Å². The van der Waals surface area contributed by atoms with Crippen LogP contribution in [0, 0.1) is 0 Å². The first-order valence-electron chi connectivity index (χ1n) is 8.77. The van der Waals surface area contributed by atoms with Gasteiger partial charge >= 0.3 is 0 Å². The second-order valence-corrected chi connectivity index (χ2v) is 6.31. The Morgan fingerprint density at radius 1 is 1.14 bits per heavy atom. The van der Waals surface area contributed by atoms with E-state index in [-0.39, 0.29) is 24.1 Å². The highest BCUT2D eigenvalue weighted by molar-refractivity contribution is 5.96. The van der Waals surface area contributed by atoms with Gasteiger partial charge in [0.05, 0.1) is 5.69 Å². The normalized spacial score (nSPS) is 11.6. The van der Waals surface area contributed by atoms with Gasteiger partial charge in [-0.05, 0) is 37.0 Å². The predicted molar refractivity (Wildman–Crippen MR) is 110 cm³/mol. The Bertz CT molecular complexity index is 812. The predicted octanol–water partition coefficient (Wildman–Crippen LogP) is 2.37. The van der Waals surface area contributed by atoms with Gasteiger partial charge in [0.2, 0.25) is 17.7 Å². The monoisotopic (exact) mass is 385 g/mol. The maximum absolute atomic E-state index is 11.4. The molecule has 8 nitrogen and oxygen atoms in total. The van der Waals surface area contributed by atoms with Crippen molar-refractivity contribution in [1.82, 2.24) is 10.4 Å². The standard InChI is InChI=1S/C20H27N5O3/c1-5-16(7-6-13(2)10-19(28)25-21)8-9-17-11-18(23-14(3)26)20(22-12-17)24-15(4)27/h5-7,11-12H,1,8-10,21H2,2-4H3,(H,23,26)(H,25,28)(H,22,24,27)/b13-6+,16-7+. The minimum atomic E-state index is -0.269. The molecule has 0 spiro atoms. The lowest BCUT2D eigenvalue weighted by atomic mass is 10.0. The van der Waals surface area contributed by atoms with Gasteiger partial charge in [-0.15, -0.1) is 0 Å². The van der Waals surface area contributed by atoms with Crippen LogP contribution in [0.25, 0.3) is 0 Å². The fourth-order valence-electron chi connectivity index (χ4n) is 2.35. The summed E-state index contributed by atoms with van der Waals surface area (Å²) in [5.41, 5.74) is 5.30. The summed E-state index contributed by atoms with van der Waals surface area (Å²) in [7, 11) is 0. The SMILES string of the molecule is C=C/C(=C\C=C(/C)CC(=O)NN)CCc1cnc(NC(C)=O)c(NC(C)=O)c1. The highest BCUT2D eigenvalue weighted by Gasteiger charge is 2.09. The number of amides is 3. The number of allylic oxidation sites excluding steroid dienone is 4. The van der Waals surface area contributed by atoms with Crippen molar-refractivity contribution in [3.05, 3.63) is 53.8 Å². The third-order valence-corrected chi connectivity index (χ3v) is 3.70. The van der Waals surface area contributed by atoms with E-state index >= 15 is 0 Å². The van der Waals surface area contributed by atoms with Gasteiger partial charge in [-0.25, -0.2) is 10.8 Å². The molecule has 1 rings (SSSR count). The zero-order valence-corrected chi connectivity index (χ0v) is 16.5. The summed E-state index contributed by atoms with van der Waals surface area (Å²) in [5, 5.41) is 5.27. The molecule has 28 heavy (non-hydrogen) atoms. The molecular weight excluding hydrogens is 358 g/mol. The molecule has 0 saturated carbocycles. The average Bonchev–Trinajstić information content (AvgIpc) is 2.62. The van der Waals surface area contributed by atoms with Crippen LogP contribution in [0.4, 0.5) is 11.5 Å². The number of hydrazine groups is 1. The lowest BCUT2D eigenvalue weighted by Gasteiger charge is -2.11. The van der Waals surface area contributed by atoms with Crippen molar-refractivity contribution in [2.24, 2.45) is 5.84 Å². The zero-order chi connectivity index (χ0) is 21.1. The fourth-order valence-corrected chi connectivity index (χ4v) is 2.35. The minimum absolute atomic E-state index is 0.228. The van der Waals surface area contributed by atoms with Gasteiger partial charge in [0, 0.05) is 26.5 Å². The van der Waals surface area contributed by atoms with Gasteiger partial charge in [-0.3, -0.25) is 19.8 Å². The molecule has 0 saturated heterocycles. The zero-order valence-electron chi connectivity index (χ0n) is 16.5. The van der Waals surface area contributed by atoms with Crippen LogP contribution >= 0.6 is 0 Å². The van der Waals surface area contributed by atoms with Crippen LogP contribution in [0.2, 0.25) is 0 Å². The quantitative estimate of drug-likeness (QED) is 0.225. The number of anilines is 2. The Morgan fingerprint density at radius 3 is 2.39 bits per heavy atom. The molecule has 0 aromatic carbocycles. The molecule has 0 aliphatic heterocycles. The van der Waals surface area contributed by atoms with Gasteiger partial charge in [-0.1, -0.05) is 30.4 Å². The van der Waals surface area contributed by atoms with Gasteiger partial charge in [0.15, 0.2) is 5.82 Å². The Balaban J connectivity index is 2.88. The average molecular weight is 385 g/mol. The summed E-state index contributed by atoms with van der Waals surface area (Å²) in [6.07, 6.45) is 8.74. The van der Waals surface area contributed by atoms with Crippen molar-refractivity contribution in [3.63, 3.8) is 0 Å². The van der Waals surface area contributed by atoms with Crippen molar-refractivity contribution in [1.29, 1.82) is 0 Å². The number of carbonyl (C=O) groups excluding carboxylic acids is 3. The molecule has 1 aromatic heterocycles. The summed E-state index contributed by atoms with van der Waals surface area (Å²) < 4.78 is 0. The van der Waals surface area contributed by atoms with E-state index in [1.807, 2.05) is 19.1 Å². The molecule has 150 valence electrons. The van der Waals surface area contributed by atoms with E-state index in [2.05, 4.69) is 27.6 Å². The van der Waals surface area contributed by atoms with E-state index in [1.54, 1.807) is 18.3 Å². The molecule has 0 unspecified atom stereocenters. The Kier molecular flexibility index (Phi) is 9.32. The second kappa shape index (κ2) is 11.5. The van der Waals surface area contributed by atoms with Crippen molar-refractivity contribution in [2.45, 2.75) is 40.0 Å². The second-order valence-electron chi connectivity index (χ2n) is 6.31. The lowest BCUT2D eigenvalue weighted by molar-refractivity contribution is -0.120. The van der Waals surface area contributed by atoms with E-state index in [0.717, 1.165) is 16.7 Å². The molecule has 0 aliphatic carbocycles. The number of aryl methyl sites for hydroxylation is 1. The van der Waals surface area contributed by atoms with Gasteiger partial charge in [-0.2, -0.15) is 0 Å². The number of pyridine rings is 1. The number of carbonyl (C=O) groups is 3. The Morgan fingerprint density at radius 2 is 1.82 bits per heavy atom. The summed E-state index contributed by atoms with van der Waals surface area (Å²) >= 11 is 0. The summed E-state index contributed by atoms with van der Waals surface area (Å²) in [6, 6.07) is 1.78.